The summed E-state index contributed by atoms with van der Waals surface area (Å²) >= 11 is 0. The number of hydrogen-bond acceptors (Lipinski definition) is 1. The van der Waals surface area contributed by atoms with Gasteiger partial charge in [-0.2, -0.15) is 0 Å². The molecule has 1 nitrogen and oxygen atoms in total. The molecule has 2 saturated carbocycles. The van der Waals surface area contributed by atoms with E-state index in [1.807, 2.05) is 0 Å². The maximum atomic E-state index is 13.1. The molecule has 2 aliphatic carbocycles. The molecular formula is C15H16F2O. The topological polar surface area (TPSA) is 17.1 Å². The van der Waals surface area contributed by atoms with Crippen LogP contribution in [0.1, 0.15) is 31.2 Å². The molecule has 0 saturated heterocycles. The lowest BCUT2D eigenvalue weighted by atomic mass is 10.0. The standard InChI is InChI=1S/C15H16F2O/c16-12-6-5-9(7-13(12)17)8-14(18)15-10-3-1-2-4-11(10)15/h5-7,10-11,15H,1-4,8H2. The highest BCUT2D eigenvalue weighted by molar-refractivity contribution is 5.86. The van der Waals surface area contributed by atoms with Gasteiger partial charge in [-0.25, -0.2) is 8.78 Å². The number of benzene rings is 1. The van der Waals surface area contributed by atoms with Crippen LogP contribution in [0.5, 0.6) is 0 Å². The molecule has 0 N–H and O–H groups in total. The highest BCUT2D eigenvalue weighted by atomic mass is 19.2. The third kappa shape index (κ3) is 2.06. The molecule has 0 radical (unpaired) electrons. The van der Waals surface area contributed by atoms with Crippen molar-refractivity contribution in [2.24, 2.45) is 17.8 Å². The molecule has 0 amide bonds. The minimum absolute atomic E-state index is 0.195. The summed E-state index contributed by atoms with van der Waals surface area (Å²) in [4.78, 5) is 12.1. The minimum atomic E-state index is -0.867. The maximum Gasteiger partial charge on any atom is 0.159 e. The smallest absolute Gasteiger partial charge is 0.159 e. The van der Waals surface area contributed by atoms with Crippen molar-refractivity contribution in [3.8, 4) is 0 Å². The van der Waals surface area contributed by atoms with Crippen LogP contribution in [0.25, 0.3) is 0 Å². The van der Waals surface area contributed by atoms with Gasteiger partial charge in [-0.05, 0) is 42.4 Å². The van der Waals surface area contributed by atoms with E-state index in [1.165, 1.54) is 31.7 Å². The van der Waals surface area contributed by atoms with E-state index in [0.29, 0.717) is 17.4 Å². The van der Waals surface area contributed by atoms with Crippen molar-refractivity contribution in [3.05, 3.63) is 35.4 Å². The van der Waals surface area contributed by atoms with Crippen molar-refractivity contribution in [2.75, 3.05) is 0 Å². The van der Waals surface area contributed by atoms with Crippen LogP contribution < -0.4 is 0 Å². The van der Waals surface area contributed by atoms with E-state index >= 15 is 0 Å². The second kappa shape index (κ2) is 4.45. The average Bonchev–Trinajstić information content (AvgIpc) is 3.08. The second-order valence-electron chi connectivity index (χ2n) is 5.53. The van der Waals surface area contributed by atoms with Crippen molar-refractivity contribution < 1.29 is 13.6 Å². The van der Waals surface area contributed by atoms with Crippen LogP contribution in [0, 0.1) is 29.4 Å². The Morgan fingerprint density at radius 1 is 1.11 bits per heavy atom. The summed E-state index contributed by atoms with van der Waals surface area (Å²) in [5, 5.41) is 0. The summed E-state index contributed by atoms with van der Waals surface area (Å²) in [7, 11) is 0. The predicted molar refractivity (Wildman–Crippen MR) is 64.0 cm³/mol. The molecule has 2 atom stereocenters. The van der Waals surface area contributed by atoms with Crippen molar-refractivity contribution in [3.63, 3.8) is 0 Å². The summed E-state index contributed by atoms with van der Waals surface area (Å²) in [6, 6.07) is 3.74. The van der Waals surface area contributed by atoms with E-state index in [9.17, 15) is 13.6 Å². The zero-order valence-electron chi connectivity index (χ0n) is 10.2. The number of fused-ring (bicyclic) bond motifs is 1. The number of Topliss-reactive ketones (excluding diaryl/α,β-unsaturated/α-hetero) is 1. The third-order valence-electron chi connectivity index (χ3n) is 4.39. The fourth-order valence-electron chi connectivity index (χ4n) is 3.44. The van der Waals surface area contributed by atoms with E-state index in [0.717, 1.165) is 12.1 Å². The van der Waals surface area contributed by atoms with Crippen molar-refractivity contribution in [2.45, 2.75) is 32.1 Å². The van der Waals surface area contributed by atoms with Gasteiger partial charge in [0.2, 0.25) is 0 Å². The molecule has 0 aliphatic heterocycles. The summed E-state index contributed by atoms with van der Waals surface area (Å²) in [5.74, 6) is -0.161. The summed E-state index contributed by atoms with van der Waals surface area (Å²) in [6.07, 6.45) is 5.04. The molecule has 3 heteroatoms. The Balaban J connectivity index is 1.66. The normalized spacial score (nSPS) is 29.8. The maximum absolute atomic E-state index is 13.1. The lowest BCUT2D eigenvalue weighted by Gasteiger charge is -2.04. The van der Waals surface area contributed by atoms with Gasteiger partial charge in [-0.3, -0.25) is 4.79 Å². The first-order chi connectivity index (χ1) is 8.66. The van der Waals surface area contributed by atoms with Gasteiger partial charge in [0, 0.05) is 12.3 Å². The molecule has 0 spiro atoms. The number of rotatable bonds is 3. The Labute approximate surface area is 105 Å². The van der Waals surface area contributed by atoms with Crippen LogP contribution in [-0.4, -0.2) is 5.78 Å². The molecule has 1 aromatic carbocycles. The van der Waals surface area contributed by atoms with Gasteiger partial charge in [-0.15, -0.1) is 0 Å². The summed E-state index contributed by atoms with van der Waals surface area (Å²) < 4.78 is 25.8. The molecule has 2 fully saturated rings. The Morgan fingerprint density at radius 3 is 2.39 bits per heavy atom. The number of carbonyl (C=O) groups excluding carboxylic acids is 1. The molecule has 0 heterocycles. The van der Waals surface area contributed by atoms with Crippen LogP contribution in [0.3, 0.4) is 0 Å². The number of hydrogen-bond donors (Lipinski definition) is 0. The lowest BCUT2D eigenvalue weighted by Crippen LogP contribution is -2.07. The van der Waals surface area contributed by atoms with Gasteiger partial charge in [0.1, 0.15) is 5.78 Å². The van der Waals surface area contributed by atoms with E-state index in [1.54, 1.807) is 0 Å². The monoisotopic (exact) mass is 250 g/mol. The minimum Gasteiger partial charge on any atom is -0.299 e. The van der Waals surface area contributed by atoms with Crippen molar-refractivity contribution >= 4 is 5.78 Å². The summed E-state index contributed by atoms with van der Waals surface area (Å²) in [5.41, 5.74) is 0.586. The zero-order chi connectivity index (χ0) is 12.7. The van der Waals surface area contributed by atoms with E-state index in [4.69, 9.17) is 0 Å². The Morgan fingerprint density at radius 2 is 1.78 bits per heavy atom. The molecule has 0 bridgehead atoms. The first-order valence-electron chi connectivity index (χ1n) is 6.63. The van der Waals surface area contributed by atoms with Crippen LogP contribution in [0.2, 0.25) is 0 Å². The van der Waals surface area contributed by atoms with Crippen molar-refractivity contribution in [1.82, 2.24) is 0 Å². The number of ketones is 1. The molecule has 2 unspecified atom stereocenters. The highest BCUT2D eigenvalue weighted by Crippen LogP contribution is 2.56. The van der Waals surface area contributed by atoms with Crippen LogP contribution in [0.4, 0.5) is 8.78 Å². The lowest BCUT2D eigenvalue weighted by molar-refractivity contribution is -0.120. The SMILES string of the molecule is O=C(Cc1ccc(F)c(F)c1)C1C2CCCCC21. The number of halogens is 2. The number of carbonyl (C=O) groups is 1. The highest BCUT2D eigenvalue weighted by Gasteiger charge is 2.53. The Hall–Kier alpha value is -1.25. The summed E-state index contributed by atoms with van der Waals surface area (Å²) in [6.45, 7) is 0. The molecule has 0 aromatic heterocycles. The molecule has 2 aliphatic rings. The fourth-order valence-corrected chi connectivity index (χ4v) is 3.44. The van der Waals surface area contributed by atoms with Gasteiger partial charge in [0.05, 0.1) is 0 Å². The quantitative estimate of drug-likeness (QED) is 0.802. The van der Waals surface area contributed by atoms with Crippen LogP contribution in [0.15, 0.2) is 18.2 Å². The second-order valence-corrected chi connectivity index (χ2v) is 5.53. The molecular weight excluding hydrogens is 234 g/mol. The largest absolute Gasteiger partial charge is 0.299 e. The molecule has 18 heavy (non-hydrogen) atoms. The van der Waals surface area contributed by atoms with Gasteiger partial charge in [0.25, 0.3) is 0 Å². The van der Waals surface area contributed by atoms with Crippen molar-refractivity contribution in [1.29, 1.82) is 0 Å². The van der Waals surface area contributed by atoms with Gasteiger partial charge < -0.3 is 0 Å². The first kappa shape index (κ1) is 11.8. The molecule has 1 aromatic rings. The van der Waals surface area contributed by atoms with Gasteiger partial charge in [-0.1, -0.05) is 18.9 Å². The average molecular weight is 250 g/mol. The van der Waals surface area contributed by atoms with Gasteiger partial charge in [0.15, 0.2) is 11.6 Å². The zero-order valence-corrected chi connectivity index (χ0v) is 10.2. The van der Waals surface area contributed by atoms with E-state index < -0.39 is 11.6 Å². The van der Waals surface area contributed by atoms with E-state index in [-0.39, 0.29) is 18.1 Å². The Kier molecular flexibility index (Phi) is 2.92. The van der Waals surface area contributed by atoms with E-state index in [2.05, 4.69) is 0 Å². The molecule has 96 valence electrons. The van der Waals surface area contributed by atoms with Gasteiger partial charge >= 0.3 is 0 Å². The first-order valence-corrected chi connectivity index (χ1v) is 6.63. The van der Waals surface area contributed by atoms with Crippen LogP contribution >= 0.6 is 0 Å². The fraction of sp³-hybridized carbons (Fsp3) is 0.533. The molecule has 3 rings (SSSR count). The Bertz CT molecular complexity index is 471. The van der Waals surface area contributed by atoms with Crippen LogP contribution in [-0.2, 0) is 11.2 Å². The predicted octanol–water partition coefficient (Wildman–Crippen LogP) is 3.51. The third-order valence-corrected chi connectivity index (χ3v) is 4.39.